The molecule has 1 N–H and O–H groups in total. The minimum absolute atomic E-state index is 0.0252. The lowest BCUT2D eigenvalue weighted by Crippen LogP contribution is -2.37. The Morgan fingerprint density at radius 2 is 2.00 bits per heavy atom. The number of ether oxygens (including phenoxy) is 1. The van der Waals surface area contributed by atoms with Crippen molar-refractivity contribution < 1.29 is 23.5 Å². The Bertz CT molecular complexity index is 1130. The van der Waals surface area contributed by atoms with Crippen molar-refractivity contribution in [1.29, 1.82) is 0 Å². The van der Waals surface area contributed by atoms with Gasteiger partial charge in [0.15, 0.2) is 5.78 Å². The van der Waals surface area contributed by atoms with Gasteiger partial charge in [-0.05, 0) is 45.4 Å². The van der Waals surface area contributed by atoms with Crippen LogP contribution in [0.1, 0.15) is 61.6 Å². The average Bonchev–Trinajstić information content (AvgIpc) is 3.28. The number of ketones is 1. The zero-order valence-corrected chi connectivity index (χ0v) is 20.3. The summed E-state index contributed by atoms with van der Waals surface area (Å²) in [5.41, 5.74) is -0.181. The van der Waals surface area contributed by atoms with E-state index < -0.39 is 35.2 Å². The van der Waals surface area contributed by atoms with Gasteiger partial charge in [-0.25, -0.2) is 9.18 Å². The van der Waals surface area contributed by atoms with E-state index in [1.54, 1.807) is 39.8 Å². The highest BCUT2D eigenvalue weighted by atomic mass is 35.5. The fourth-order valence-electron chi connectivity index (χ4n) is 3.52. The Balaban J connectivity index is 1.77. The number of aromatic nitrogens is 1. The fourth-order valence-corrected chi connectivity index (χ4v) is 3.75. The van der Waals surface area contributed by atoms with Gasteiger partial charge in [0.2, 0.25) is 5.91 Å². The molecule has 0 fully saturated rings. The number of rotatable bonds is 6. The van der Waals surface area contributed by atoms with Crippen LogP contribution in [0.5, 0.6) is 0 Å². The van der Waals surface area contributed by atoms with Gasteiger partial charge in [-0.3, -0.25) is 19.5 Å². The second-order valence-electron chi connectivity index (χ2n) is 8.92. The number of nitrogens with one attached hydrogen (secondary N) is 1. The quantitative estimate of drug-likeness (QED) is 0.588. The first-order chi connectivity index (χ1) is 16.0. The van der Waals surface area contributed by atoms with Crippen LogP contribution in [0.3, 0.4) is 0 Å². The third-order valence-corrected chi connectivity index (χ3v) is 5.54. The minimum atomic E-state index is -0.788. The summed E-state index contributed by atoms with van der Waals surface area (Å²) >= 11 is 6.17. The molecule has 0 spiro atoms. The van der Waals surface area contributed by atoms with Gasteiger partial charge in [0, 0.05) is 35.6 Å². The number of carbonyl (C=O) groups is 3. The summed E-state index contributed by atoms with van der Waals surface area (Å²) in [7, 11) is 0. The van der Waals surface area contributed by atoms with E-state index in [2.05, 4.69) is 10.3 Å². The van der Waals surface area contributed by atoms with Crippen LogP contribution in [0, 0.1) is 5.82 Å². The largest absolute Gasteiger partial charge is 0.444 e. The van der Waals surface area contributed by atoms with Crippen LogP contribution in [-0.4, -0.2) is 46.4 Å². The summed E-state index contributed by atoms with van der Waals surface area (Å²) in [6, 6.07) is 5.30. The van der Waals surface area contributed by atoms with Crippen LogP contribution >= 0.6 is 11.6 Å². The zero-order chi connectivity index (χ0) is 25.0. The van der Waals surface area contributed by atoms with Crippen molar-refractivity contribution in [2.75, 3.05) is 13.1 Å². The number of halogens is 2. The van der Waals surface area contributed by atoms with Crippen molar-refractivity contribution in [3.8, 4) is 0 Å². The Kier molecular flexibility index (Phi) is 7.71. The molecule has 34 heavy (non-hydrogen) atoms. The number of benzene rings is 1. The highest BCUT2D eigenvalue weighted by Gasteiger charge is 2.30. The van der Waals surface area contributed by atoms with Crippen LogP contribution in [0.2, 0.25) is 5.02 Å². The van der Waals surface area contributed by atoms with Crippen molar-refractivity contribution in [3.05, 3.63) is 75.8 Å². The number of hydrogen-bond acceptors (Lipinski definition) is 5. The first-order valence-electron chi connectivity index (χ1n) is 10.9. The summed E-state index contributed by atoms with van der Waals surface area (Å²) < 4.78 is 20.8. The SMILES string of the molecule is CC[C@H](NC(=O)C1=CCN(C(=O)OC(C)(C)C)C1)c1ccc(Cl)c(C(=O)c2cccnc2)c1F. The highest BCUT2D eigenvalue weighted by Crippen LogP contribution is 2.30. The smallest absolute Gasteiger partial charge is 0.410 e. The number of hydrogen-bond donors (Lipinski definition) is 1. The molecule has 3 rings (SSSR count). The lowest BCUT2D eigenvalue weighted by molar-refractivity contribution is -0.118. The summed E-state index contributed by atoms with van der Waals surface area (Å²) in [6.07, 6.45) is 4.35. The second kappa shape index (κ2) is 10.3. The van der Waals surface area contributed by atoms with E-state index in [-0.39, 0.29) is 34.8 Å². The number of amides is 2. The molecule has 7 nitrogen and oxygen atoms in total. The molecule has 0 radical (unpaired) electrons. The Labute approximate surface area is 202 Å². The molecular formula is C25H27ClFN3O4. The van der Waals surface area contributed by atoms with Gasteiger partial charge in [-0.2, -0.15) is 0 Å². The van der Waals surface area contributed by atoms with Crippen molar-refractivity contribution in [1.82, 2.24) is 15.2 Å². The summed E-state index contributed by atoms with van der Waals surface area (Å²) in [4.78, 5) is 43.3. The van der Waals surface area contributed by atoms with E-state index in [0.29, 0.717) is 12.0 Å². The van der Waals surface area contributed by atoms with E-state index in [9.17, 15) is 14.4 Å². The lowest BCUT2D eigenvalue weighted by Gasteiger charge is -2.24. The number of nitrogens with zero attached hydrogens (tertiary/aromatic N) is 2. The van der Waals surface area contributed by atoms with Crippen LogP contribution in [0.4, 0.5) is 9.18 Å². The first-order valence-corrected chi connectivity index (χ1v) is 11.3. The van der Waals surface area contributed by atoms with Crippen LogP contribution in [-0.2, 0) is 9.53 Å². The van der Waals surface area contributed by atoms with E-state index in [1.807, 2.05) is 0 Å². The molecular weight excluding hydrogens is 461 g/mol. The topological polar surface area (TPSA) is 88.6 Å². The molecule has 0 saturated heterocycles. The molecule has 1 aromatic carbocycles. The van der Waals surface area contributed by atoms with Gasteiger partial charge in [0.25, 0.3) is 0 Å². The van der Waals surface area contributed by atoms with Gasteiger partial charge in [-0.1, -0.05) is 30.7 Å². The number of carbonyl (C=O) groups excluding carboxylic acids is 3. The molecule has 1 aliphatic heterocycles. The molecule has 1 aliphatic rings. The summed E-state index contributed by atoms with van der Waals surface area (Å²) in [5, 5.41) is 2.78. The summed E-state index contributed by atoms with van der Waals surface area (Å²) in [6.45, 7) is 7.42. The molecule has 9 heteroatoms. The fraction of sp³-hybridized carbons (Fsp3) is 0.360. The maximum absolute atomic E-state index is 15.5. The predicted molar refractivity (Wildman–Crippen MR) is 126 cm³/mol. The Morgan fingerprint density at radius 3 is 2.62 bits per heavy atom. The van der Waals surface area contributed by atoms with Gasteiger partial charge in [0.05, 0.1) is 23.2 Å². The standard InChI is InChI=1S/C25H27ClFN3O4/c1-5-19(29-23(32)16-10-12-30(14-16)24(33)34-25(2,3)4)17-8-9-18(26)20(21(17)27)22(31)15-7-6-11-28-13-15/h6-11,13,19H,5,12,14H2,1-4H3,(H,29,32)/t19-/m0/s1. The Morgan fingerprint density at radius 1 is 1.26 bits per heavy atom. The highest BCUT2D eigenvalue weighted by molar-refractivity contribution is 6.35. The van der Waals surface area contributed by atoms with Gasteiger partial charge in [-0.15, -0.1) is 0 Å². The molecule has 1 aromatic heterocycles. The summed E-state index contributed by atoms with van der Waals surface area (Å²) in [5.74, 6) is -1.80. The minimum Gasteiger partial charge on any atom is -0.444 e. The molecule has 2 heterocycles. The molecule has 0 saturated carbocycles. The van der Waals surface area contributed by atoms with Crippen LogP contribution in [0.15, 0.2) is 48.3 Å². The molecule has 180 valence electrons. The van der Waals surface area contributed by atoms with E-state index in [4.69, 9.17) is 16.3 Å². The normalized spacial score (nSPS) is 14.4. The molecule has 1 atom stereocenters. The van der Waals surface area contributed by atoms with Crippen LogP contribution < -0.4 is 5.32 Å². The predicted octanol–water partition coefficient (Wildman–Crippen LogP) is 4.85. The third kappa shape index (κ3) is 5.80. The van der Waals surface area contributed by atoms with E-state index >= 15 is 4.39 Å². The van der Waals surface area contributed by atoms with Crippen molar-refractivity contribution >= 4 is 29.4 Å². The third-order valence-electron chi connectivity index (χ3n) is 5.22. The molecule has 0 aliphatic carbocycles. The zero-order valence-electron chi connectivity index (χ0n) is 19.5. The molecule has 0 bridgehead atoms. The van der Waals surface area contributed by atoms with Gasteiger partial charge in [0.1, 0.15) is 11.4 Å². The average molecular weight is 488 g/mol. The molecule has 0 unspecified atom stereocenters. The van der Waals surface area contributed by atoms with Crippen molar-refractivity contribution in [2.45, 2.75) is 45.8 Å². The van der Waals surface area contributed by atoms with Crippen molar-refractivity contribution in [3.63, 3.8) is 0 Å². The maximum atomic E-state index is 15.5. The maximum Gasteiger partial charge on any atom is 0.410 e. The first kappa shape index (κ1) is 25.4. The monoisotopic (exact) mass is 487 g/mol. The van der Waals surface area contributed by atoms with E-state index in [1.165, 1.54) is 35.5 Å². The van der Waals surface area contributed by atoms with Gasteiger partial charge < -0.3 is 10.1 Å². The van der Waals surface area contributed by atoms with Gasteiger partial charge >= 0.3 is 6.09 Å². The lowest BCUT2D eigenvalue weighted by atomic mass is 9.96. The molecule has 2 amide bonds. The second-order valence-corrected chi connectivity index (χ2v) is 9.33. The number of pyridine rings is 1. The molecule has 2 aromatic rings. The van der Waals surface area contributed by atoms with Crippen molar-refractivity contribution in [2.24, 2.45) is 0 Å². The Hall–Kier alpha value is -3.26. The van der Waals surface area contributed by atoms with E-state index in [0.717, 1.165) is 0 Å². The van der Waals surface area contributed by atoms with Crippen LogP contribution in [0.25, 0.3) is 0 Å².